The van der Waals surface area contributed by atoms with Gasteiger partial charge in [-0.1, -0.05) is 37.4 Å². The summed E-state index contributed by atoms with van der Waals surface area (Å²) >= 11 is 0. The van der Waals surface area contributed by atoms with E-state index in [0.717, 1.165) is 11.9 Å². The van der Waals surface area contributed by atoms with Gasteiger partial charge in [-0.3, -0.25) is 0 Å². The number of allylic oxidation sites excluding steroid dienone is 2. The van der Waals surface area contributed by atoms with Gasteiger partial charge in [-0.05, 0) is 53.5 Å². The summed E-state index contributed by atoms with van der Waals surface area (Å²) in [6.45, 7) is 9.18. The van der Waals surface area contributed by atoms with Crippen LogP contribution in [0, 0.1) is 6.92 Å². The molecule has 0 saturated heterocycles. The number of rotatable bonds is 5. The minimum Gasteiger partial charge on any atom is -0.390 e. The fourth-order valence-electron chi connectivity index (χ4n) is 2.59. The maximum absolute atomic E-state index is 13.0. The quantitative estimate of drug-likeness (QED) is 0.246. The fourth-order valence-corrected chi connectivity index (χ4v) is 2.59. The number of aliphatic imine (C=N–C) groups is 1. The zero-order chi connectivity index (χ0) is 22.7. The van der Waals surface area contributed by atoms with Crippen LogP contribution in [0.3, 0.4) is 0 Å². The van der Waals surface area contributed by atoms with Crippen molar-refractivity contribution in [3.63, 3.8) is 0 Å². The molecule has 30 heavy (non-hydrogen) atoms. The first-order valence-electron chi connectivity index (χ1n) is 8.54. The van der Waals surface area contributed by atoms with E-state index in [1.54, 1.807) is 31.2 Å². The Kier molecular flexibility index (Phi) is 6.60. The highest BCUT2D eigenvalue weighted by Crippen LogP contribution is 2.37. The third-order valence-corrected chi connectivity index (χ3v) is 4.27. The van der Waals surface area contributed by atoms with Crippen molar-refractivity contribution in [1.29, 1.82) is 0 Å². The number of halogens is 6. The van der Waals surface area contributed by atoms with Gasteiger partial charge in [0, 0.05) is 5.56 Å². The number of nitrogens with zero attached hydrogens (tertiary/aromatic N) is 1. The summed E-state index contributed by atoms with van der Waals surface area (Å²) in [7, 11) is 0. The molecule has 2 aromatic rings. The van der Waals surface area contributed by atoms with E-state index in [1.807, 2.05) is 0 Å². The lowest BCUT2D eigenvalue weighted by Crippen LogP contribution is -2.11. The Morgan fingerprint density at radius 2 is 1.47 bits per heavy atom. The monoisotopic (exact) mass is 424 g/mol. The molecule has 2 N–H and O–H groups in total. The average molecular weight is 424 g/mol. The van der Waals surface area contributed by atoms with Crippen LogP contribution in [-0.2, 0) is 12.4 Å². The predicted molar refractivity (Wildman–Crippen MR) is 107 cm³/mol. The van der Waals surface area contributed by atoms with Gasteiger partial charge in [-0.15, -0.1) is 0 Å². The molecule has 0 saturated carbocycles. The molecular weight excluding hydrogens is 406 g/mol. The molecule has 158 valence electrons. The second-order valence-corrected chi connectivity index (χ2v) is 6.45. The SMILES string of the molecule is C=C(/C=C\c1cc(C(=C)N=CN)ccc1C)c1cc(C(F)(F)F)cc(C(F)(F)F)c1. The van der Waals surface area contributed by atoms with Crippen molar-refractivity contribution in [3.05, 3.63) is 89.0 Å². The summed E-state index contributed by atoms with van der Waals surface area (Å²) in [6, 6.07) is 6.63. The largest absolute Gasteiger partial charge is 0.416 e. The molecule has 8 heteroatoms. The standard InChI is InChI=1S/C22H18F6N2/c1-13-5-7-17(15(3)30-12-29)8-16(13)6-4-14(2)18-9-19(21(23,24)25)11-20(10-18)22(26,27)28/h4-12H,2-3H2,1H3,(H2,29,30)/b6-4-. The highest BCUT2D eigenvalue weighted by molar-refractivity contribution is 5.79. The molecule has 0 aliphatic rings. The van der Waals surface area contributed by atoms with Crippen molar-refractivity contribution >= 4 is 23.7 Å². The van der Waals surface area contributed by atoms with Crippen molar-refractivity contribution < 1.29 is 26.3 Å². The van der Waals surface area contributed by atoms with Crippen molar-refractivity contribution in [2.75, 3.05) is 0 Å². The number of benzene rings is 2. The minimum atomic E-state index is -4.92. The Labute approximate surface area is 169 Å². The van der Waals surface area contributed by atoms with E-state index in [4.69, 9.17) is 5.73 Å². The first-order valence-corrected chi connectivity index (χ1v) is 8.54. The van der Waals surface area contributed by atoms with Crippen molar-refractivity contribution in [2.45, 2.75) is 19.3 Å². The van der Waals surface area contributed by atoms with Crippen LogP contribution in [0.4, 0.5) is 26.3 Å². The molecule has 0 aliphatic heterocycles. The average Bonchev–Trinajstić information content (AvgIpc) is 2.65. The number of alkyl halides is 6. The molecule has 2 nitrogen and oxygen atoms in total. The van der Waals surface area contributed by atoms with Gasteiger partial charge in [-0.25, -0.2) is 4.99 Å². The zero-order valence-corrected chi connectivity index (χ0v) is 15.9. The predicted octanol–water partition coefficient (Wildman–Crippen LogP) is 6.72. The van der Waals surface area contributed by atoms with Gasteiger partial charge >= 0.3 is 12.4 Å². The van der Waals surface area contributed by atoms with E-state index in [0.29, 0.717) is 29.0 Å². The van der Waals surface area contributed by atoms with Gasteiger partial charge in [0.15, 0.2) is 0 Å². The summed E-state index contributed by atoms with van der Waals surface area (Å²) in [6.07, 6.45) is -5.85. The van der Waals surface area contributed by atoms with Gasteiger partial charge in [-0.2, -0.15) is 26.3 Å². The number of hydrogen-bond donors (Lipinski definition) is 1. The normalized spacial score (nSPS) is 12.6. The van der Waals surface area contributed by atoms with Crippen molar-refractivity contribution in [3.8, 4) is 0 Å². The molecule has 0 radical (unpaired) electrons. The Bertz CT molecular complexity index is 995. The maximum Gasteiger partial charge on any atom is 0.416 e. The number of aryl methyl sites for hydroxylation is 1. The fraction of sp³-hybridized carbons (Fsp3) is 0.136. The van der Waals surface area contributed by atoms with E-state index in [-0.39, 0.29) is 17.2 Å². The van der Waals surface area contributed by atoms with Crippen LogP contribution < -0.4 is 5.73 Å². The first kappa shape index (κ1) is 23.0. The lowest BCUT2D eigenvalue weighted by atomic mass is 9.98. The van der Waals surface area contributed by atoms with Crippen LogP contribution in [0.5, 0.6) is 0 Å². The Balaban J connectivity index is 2.44. The highest BCUT2D eigenvalue weighted by atomic mass is 19.4. The van der Waals surface area contributed by atoms with Gasteiger partial charge in [0.25, 0.3) is 0 Å². The molecule has 0 bridgehead atoms. The topological polar surface area (TPSA) is 38.4 Å². The van der Waals surface area contributed by atoms with E-state index in [2.05, 4.69) is 18.2 Å². The summed E-state index contributed by atoms with van der Waals surface area (Å²) in [5, 5.41) is 0. The summed E-state index contributed by atoms with van der Waals surface area (Å²) in [5.41, 5.74) is 4.73. The summed E-state index contributed by atoms with van der Waals surface area (Å²) in [4.78, 5) is 3.88. The maximum atomic E-state index is 13.0. The minimum absolute atomic E-state index is 0.00444. The second-order valence-electron chi connectivity index (χ2n) is 6.45. The van der Waals surface area contributed by atoms with Gasteiger partial charge in [0.2, 0.25) is 0 Å². The van der Waals surface area contributed by atoms with Crippen LogP contribution in [0.25, 0.3) is 17.3 Å². The van der Waals surface area contributed by atoms with E-state index in [9.17, 15) is 26.3 Å². The molecule has 2 aromatic carbocycles. The van der Waals surface area contributed by atoms with E-state index < -0.39 is 23.5 Å². The third kappa shape index (κ3) is 5.62. The number of nitrogens with two attached hydrogens (primary N) is 1. The van der Waals surface area contributed by atoms with Gasteiger partial charge in [0.1, 0.15) is 0 Å². The van der Waals surface area contributed by atoms with Crippen molar-refractivity contribution in [2.24, 2.45) is 10.7 Å². The third-order valence-electron chi connectivity index (χ3n) is 4.27. The summed E-state index contributed by atoms with van der Waals surface area (Å²) in [5.74, 6) is 0. The van der Waals surface area contributed by atoms with Crippen LogP contribution in [-0.4, -0.2) is 6.34 Å². The number of hydrogen-bond acceptors (Lipinski definition) is 1. The Hall–Kier alpha value is -3.29. The highest BCUT2D eigenvalue weighted by Gasteiger charge is 2.36. The Morgan fingerprint density at radius 3 is 1.97 bits per heavy atom. The Morgan fingerprint density at radius 1 is 0.900 bits per heavy atom. The molecule has 0 spiro atoms. The molecule has 0 heterocycles. The van der Waals surface area contributed by atoms with E-state index in [1.165, 1.54) is 6.08 Å². The molecule has 0 atom stereocenters. The molecule has 0 aromatic heterocycles. The second kappa shape index (κ2) is 8.61. The zero-order valence-electron chi connectivity index (χ0n) is 15.9. The van der Waals surface area contributed by atoms with Crippen LogP contribution in [0.15, 0.2) is 60.6 Å². The molecular formula is C22H18F6N2. The molecule has 0 fully saturated rings. The van der Waals surface area contributed by atoms with Crippen LogP contribution >= 0.6 is 0 Å². The molecule has 2 rings (SSSR count). The summed E-state index contributed by atoms with van der Waals surface area (Å²) < 4.78 is 78.3. The van der Waals surface area contributed by atoms with Gasteiger partial charge in [0.05, 0.1) is 23.2 Å². The lowest BCUT2D eigenvalue weighted by Gasteiger charge is -2.14. The molecule has 0 aliphatic carbocycles. The van der Waals surface area contributed by atoms with E-state index >= 15 is 0 Å². The smallest absolute Gasteiger partial charge is 0.390 e. The molecule has 0 unspecified atom stereocenters. The molecule has 0 amide bonds. The first-order chi connectivity index (χ1) is 13.8. The van der Waals surface area contributed by atoms with Gasteiger partial charge < -0.3 is 5.73 Å². The lowest BCUT2D eigenvalue weighted by molar-refractivity contribution is -0.143. The van der Waals surface area contributed by atoms with Crippen LogP contribution in [0.1, 0.15) is 33.4 Å². The van der Waals surface area contributed by atoms with Crippen LogP contribution in [0.2, 0.25) is 0 Å². The van der Waals surface area contributed by atoms with Crippen molar-refractivity contribution in [1.82, 2.24) is 0 Å².